The van der Waals surface area contributed by atoms with E-state index in [0.29, 0.717) is 0 Å². The third-order valence-electron chi connectivity index (χ3n) is 11.9. The van der Waals surface area contributed by atoms with Crippen molar-refractivity contribution in [1.29, 1.82) is 0 Å². The van der Waals surface area contributed by atoms with Crippen LogP contribution in [0.15, 0.2) is 260 Å². The highest BCUT2D eigenvalue weighted by molar-refractivity contribution is 8.36. The molecule has 0 bridgehead atoms. The highest BCUT2D eigenvalue weighted by Gasteiger charge is 2.59. The van der Waals surface area contributed by atoms with Gasteiger partial charge in [-0.25, -0.2) is 0 Å². The Kier molecular flexibility index (Phi) is 9.29. The minimum absolute atomic E-state index is 0.804. The Morgan fingerprint density at radius 1 is 0.311 bits per heavy atom. The van der Waals surface area contributed by atoms with Gasteiger partial charge in [0.25, 0.3) is 0 Å². The second kappa shape index (κ2) is 15.4. The van der Waals surface area contributed by atoms with Crippen LogP contribution >= 0.6 is 10.4 Å². The van der Waals surface area contributed by atoms with E-state index in [9.17, 15) is 0 Å². The van der Waals surface area contributed by atoms with Crippen molar-refractivity contribution in [1.82, 2.24) is 0 Å². The molecular formula is C55H44N4SSi. The molecule has 2 heterocycles. The molecule has 2 aliphatic heterocycles. The Hall–Kier alpha value is -7.25. The van der Waals surface area contributed by atoms with Crippen molar-refractivity contribution in [2.75, 3.05) is 17.7 Å². The van der Waals surface area contributed by atoms with Crippen LogP contribution in [0.1, 0.15) is 5.56 Å². The van der Waals surface area contributed by atoms with E-state index in [2.05, 4.69) is 273 Å². The number of para-hydroxylation sites is 4. The lowest BCUT2D eigenvalue weighted by Crippen LogP contribution is -2.75. The summed E-state index contributed by atoms with van der Waals surface area (Å²) in [6.45, 7) is 0. The molecule has 0 spiro atoms. The van der Waals surface area contributed by atoms with E-state index in [-0.39, 0.29) is 0 Å². The molecule has 0 aliphatic carbocycles. The predicted octanol–water partition coefficient (Wildman–Crippen LogP) is 13.4. The number of benzene rings is 9. The van der Waals surface area contributed by atoms with Crippen LogP contribution in [-0.2, 0) is 5.75 Å². The van der Waals surface area contributed by atoms with Crippen molar-refractivity contribution < 1.29 is 0 Å². The normalized spacial score (nSPS) is 15.3. The van der Waals surface area contributed by atoms with Gasteiger partial charge in [0.2, 0.25) is 0 Å². The van der Waals surface area contributed by atoms with Gasteiger partial charge in [-0.1, -0.05) is 182 Å². The van der Waals surface area contributed by atoms with Gasteiger partial charge in [0, 0.05) is 22.0 Å². The van der Waals surface area contributed by atoms with Gasteiger partial charge in [0.15, 0.2) is 0 Å². The van der Waals surface area contributed by atoms with Crippen LogP contribution < -0.4 is 28.1 Å². The molecule has 61 heavy (non-hydrogen) atoms. The quantitative estimate of drug-likeness (QED) is 0.134. The number of nitrogens with zero attached hydrogens (tertiary/aromatic N) is 4. The summed E-state index contributed by atoms with van der Waals surface area (Å²) in [5.74, 6) is 0.804. The highest BCUT2D eigenvalue weighted by atomic mass is 32.3. The molecule has 0 amide bonds. The maximum absolute atomic E-state index is 3.19. The maximum atomic E-state index is 2.73. The highest BCUT2D eigenvalue weighted by Crippen LogP contribution is 2.77. The lowest BCUT2D eigenvalue weighted by molar-refractivity contribution is 1.27. The first-order chi connectivity index (χ1) is 30.3. The molecule has 0 fully saturated rings. The first-order valence-corrected chi connectivity index (χ1v) is 24.5. The molecule has 2 aliphatic rings. The Morgan fingerprint density at radius 2 is 0.623 bits per heavy atom. The summed E-state index contributed by atoms with van der Waals surface area (Å²) in [5.41, 5.74) is 10.7. The van der Waals surface area contributed by atoms with E-state index in [4.69, 9.17) is 0 Å². The van der Waals surface area contributed by atoms with Crippen molar-refractivity contribution in [3.05, 3.63) is 260 Å². The number of fused-ring (bicyclic) bond motifs is 2. The standard InChI is InChI=1S/C55H44N4SSi/c1-9-25-44(26-10-1)43-60(49-35-19-6-20-36-49)56(45-27-11-2-12-28-45)52-41-54-55(42-53(52)57(60)46-29-13-3-14-30-46)59(48-33-17-5-18-34-48)61(50-37-21-7-22-38-50,51-39-23-8-24-40-51)58(54)47-31-15-4-16-32-47/h1-42H,43H2. The minimum atomic E-state index is -3.19. The van der Waals surface area contributed by atoms with Gasteiger partial charge in [-0.2, -0.15) is 0 Å². The second-order valence-corrected chi connectivity index (χ2v) is 21.7. The fourth-order valence-corrected chi connectivity index (χ4v) is 18.7. The van der Waals surface area contributed by atoms with Crippen molar-refractivity contribution in [2.24, 2.45) is 0 Å². The fourth-order valence-electron chi connectivity index (χ4n) is 9.55. The second-order valence-electron chi connectivity index (χ2n) is 15.4. The lowest BCUT2D eigenvalue weighted by Gasteiger charge is -2.51. The molecule has 11 rings (SSSR count). The van der Waals surface area contributed by atoms with Crippen molar-refractivity contribution >= 4 is 74.7 Å². The average molecular weight is 821 g/mol. The van der Waals surface area contributed by atoms with E-state index in [1.54, 1.807) is 0 Å². The van der Waals surface area contributed by atoms with Gasteiger partial charge in [-0.3, -0.25) is 8.61 Å². The Labute approximate surface area is 361 Å². The Balaban J connectivity index is 1.30. The molecule has 0 saturated carbocycles. The SMILES string of the molecule is c1ccc(CS2(c3ccccc3)N(c3ccccc3)c3cc4c(cc3N2c2ccccc2)N(c2ccccc2)[Si](c2ccccc2)(c2ccccc2)N4c2ccccc2)cc1. The minimum Gasteiger partial charge on any atom is -0.341 e. The molecule has 9 aromatic carbocycles. The summed E-state index contributed by atoms with van der Waals surface area (Å²) in [6.07, 6.45) is 0. The van der Waals surface area contributed by atoms with Gasteiger partial charge in [-0.15, -0.1) is 0 Å². The van der Waals surface area contributed by atoms with Gasteiger partial charge in [-0.05, 0) is 99.1 Å². The summed E-state index contributed by atoms with van der Waals surface area (Å²) < 4.78 is 10.9. The molecule has 0 aromatic heterocycles. The van der Waals surface area contributed by atoms with Crippen LogP contribution in [0.3, 0.4) is 0 Å². The Morgan fingerprint density at radius 3 is 1.00 bits per heavy atom. The number of anilines is 8. The summed E-state index contributed by atoms with van der Waals surface area (Å²) >= 11 is 0. The number of hydrogen-bond donors (Lipinski definition) is 0. The van der Waals surface area contributed by atoms with Gasteiger partial charge in [0.1, 0.15) is 0 Å². The van der Waals surface area contributed by atoms with Crippen LogP contribution in [0.4, 0.5) is 45.5 Å². The number of rotatable bonds is 9. The zero-order valence-electron chi connectivity index (χ0n) is 33.7. The third-order valence-corrected chi connectivity index (χ3v) is 20.3. The van der Waals surface area contributed by atoms with E-state index >= 15 is 0 Å². The van der Waals surface area contributed by atoms with Gasteiger partial charge < -0.3 is 9.13 Å². The molecule has 0 unspecified atom stereocenters. The zero-order valence-corrected chi connectivity index (χ0v) is 35.5. The molecule has 4 nitrogen and oxygen atoms in total. The average Bonchev–Trinajstić information content (AvgIpc) is 3.80. The number of hydrogen-bond acceptors (Lipinski definition) is 4. The molecule has 294 valence electrons. The predicted molar refractivity (Wildman–Crippen MR) is 261 cm³/mol. The molecule has 0 atom stereocenters. The maximum Gasteiger partial charge on any atom is 0.340 e. The summed E-state index contributed by atoms with van der Waals surface area (Å²) in [5, 5.41) is 2.61. The third kappa shape index (κ3) is 5.90. The smallest absolute Gasteiger partial charge is 0.340 e. The first-order valence-electron chi connectivity index (χ1n) is 20.9. The van der Waals surface area contributed by atoms with Gasteiger partial charge >= 0.3 is 8.40 Å². The van der Waals surface area contributed by atoms with Gasteiger partial charge in [0.05, 0.1) is 34.1 Å². The summed E-state index contributed by atoms with van der Waals surface area (Å²) in [7, 11) is -5.30. The molecule has 0 radical (unpaired) electrons. The van der Waals surface area contributed by atoms with E-state index in [1.165, 1.54) is 43.6 Å². The summed E-state index contributed by atoms with van der Waals surface area (Å²) in [6, 6.07) is 94.2. The van der Waals surface area contributed by atoms with Crippen LogP contribution in [-0.4, -0.2) is 8.40 Å². The van der Waals surface area contributed by atoms with E-state index in [0.717, 1.165) is 28.5 Å². The van der Waals surface area contributed by atoms with Crippen molar-refractivity contribution in [3.63, 3.8) is 0 Å². The fraction of sp³-hybridized carbons (Fsp3) is 0.0182. The molecule has 0 N–H and O–H groups in total. The van der Waals surface area contributed by atoms with Crippen molar-refractivity contribution in [3.8, 4) is 0 Å². The lowest BCUT2D eigenvalue weighted by atomic mass is 10.1. The molecule has 6 heteroatoms. The largest absolute Gasteiger partial charge is 0.341 e. The first kappa shape index (κ1) is 36.8. The Bertz CT molecular complexity index is 2730. The van der Waals surface area contributed by atoms with Crippen molar-refractivity contribution in [2.45, 2.75) is 10.6 Å². The monoisotopic (exact) mass is 820 g/mol. The van der Waals surface area contributed by atoms with E-state index < -0.39 is 18.8 Å². The molecule has 9 aromatic rings. The van der Waals surface area contributed by atoms with Crippen LogP contribution in [0.25, 0.3) is 0 Å². The van der Waals surface area contributed by atoms with Crippen LogP contribution in [0.2, 0.25) is 0 Å². The molecular weight excluding hydrogens is 777 g/mol. The van der Waals surface area contributed by atoms with E-state index in [1.807, 2.05) is 0 Å². The zero-order chi connectivity index (χ0) is 40.6. The summed E-state index contributed by atoms with van der Waals surface area (Å²) in [4.78, 5) is 1.29. The van der Waals surface area contributed by atoms with Crippen LogP contribution in [0, 0.1) is 0 Å². The molecule has 0 saturated heterocycles. The van der Waals surface area contributed by atoms with Crippen LogP contribution in [0.5, 0.6) is 0 Å². The topological polar surface area (TPSA) is 13.0 Å².